The van der Waals surface area contributed by atoms with Gasteiger partial charge in [0.25, 0.3) is 0 Å². The van der Waals surface area contributed by atoms with Gasteiger partial charge in [-0.05, 0) is 62.0 Å². The Morgan fingerprint density at radius 1 is 0.227 bits per heavy atom. The molecule has 44 heavy (non-hydrogen) atoms. The molecule has 0 amide bonds. The van der Waals surface area contributed by atoms with Gasteiger partial charge in [-0.2, -0.15) is 0 Å². The van der Waals surface area contributed by atoms with E-state index in [2.05, 4.69) is 158 Å². The molecule has 206 valence electrons. The number of hydrogen-bond donors (Lipinski definition) is 0. The van der Waals surface area contributed by atoms with Crippen LogP contribution in [0.1, 0.15) is 0 Å². The molecule has 7 aromatic carbocycles. The van der Waals surface area contributed by atoms with E-state index in [1.165, 1.54) is 21.7 Å². The van der Waals surface area contributed by atoms with E-state index in [0.29, 0.717) is 17.5 Å². The monoisotopic (exact) mass is 561 g/mol. The fourth-order valence-corrected chi connectivity index (χ4v) is 5.74. The highest BCUT2D eigenvalue weighted by Crippen LogP contribution is 2.31. The van der Waals surface area contributed by atoms with Crippen molar-refractivity contribution in [2.24, 2.45) is 0 Å². The van der Waals surface area contributed by atoms with Crippen molar-refractivity contribution in [2.45, 2.75) is 0 Å². The Labute approximate surface area is 256 Å². The minimum Gasteiger partial charge on any atom is -0.208 e. The smallest absolute Gasteiger partial charge is 0.164 e. The average Bonchev–Trinajstić information content (AvgIpc) is 3.11. The Hall–Kier alpha value is -5.93. The Morgan fingerprint density at radius 2 is 0.614 bits per heavy atom. The highest BCUT2D eigenvalue weighted by molar-refractivity contribution is 5.88. The molecule has 0 N–H and O–H groups in total. The number of aromatic nitrogens is 3. The summed E-state index contributed by atoms with van der Waals surface area (Å²) in [6.07, 6.45) is 0. The van der Waals surface area contributed by atoms with Crippen molar-refractivity contribution in [3.63, 3.8) is 0 Å². The van der Waals surface area contributed by atoms with Crippen LogP contribution in [0.2, 0.25) is 0 Å². The average molecular weight is 562 g/mol. The van der Waals surface area contributed by atoms with Crippen LogP contribution in [0.25, 0.3) is 78.0 Å². The molecule has 1 aromatic heterocycles. The molecule has 0 saturated carbocycles. The Bertz CT molecular complexity index is 2270. The maximum Gasteiger partial charge on any atom is 0.164 e. The normalized spacial score (nSPS) is 11.2. The number of hydrogen-bond acceptors (Lipinski definition) is 3. The second-order valence-corrected chi connectivity index (χ2v) is 11.0. The third-order valence-electron chi connectivity index (χ3n) is 8.10. The van der Waals surface area contributed by atoms with Crippen LogP contribution in [0.4, 0.5) is 0 Å². The van der Waals surface area contributed by atoms with Crippen molar-refractivity contribution < 1.29 is 0 Å². The second kappa shape index (κ2) is 11.0. The molecule has 3 nitrogen and oxygen atoms in total. The predicted octanol–water partition coefficient (Wildman–Crippen LogP) is 10.5. The van der Waals surface area contributed by atoms with Crippen molar-refractivity contribution >= 4 is 21.5 Å². The molecule has 0 spiro atoms. The Kier molecular flexibility index (Phi) is 6.47. The quantitative estimate of drug-likeness (QED) is 0.210. The molecule has 8 aromatic rings. The van der Waals surface area contributed by atoms with Crippen molar-refractivity contribution in [2.75, 3.05) is 0 Å². The zero-order chi connectivity index (χ0) is 29.3. The van der Waals surface area contributed by atoms with E-state index in [1.54, 1.807) is 0 Å². The van der Waals surface area contributed by atoms with Crippen LogP contribution in [-0.2, 0) is 0 Å². The lowest BCUT2D eigenvalue weighted by Crippen LogP contribution is -2.00. The van der Waals surface area contributed by atoms with Crippen LogP contribution < -0.4 is 0 Å². The van der Waals surface area contributed by atoms with Gasteiger partial charge in [-0.15, -0.1) is 0 Å². The molecule has 8 rings (SSSR count). The minimum atomic E-state index is 0.647. The molecule has 0 radical (unpaired) electrons. The first-order valence-corrected chi connectivity index (χ1v) is 14.8. The van der Waals surface area contributed by atoms with Gasteiger partial charge in [-0.3, -0.25) is 0 Å². The molecule has 0 bridgehead atoms. The standard InChI is InChI=1S/C41H27N3/c1-2-9-28(10-3-1)35-15-8-16-37(26-35)40-42-39(43-41(44-40)38-24-20-30-12-5-7-14-34(30)27-38)32-21-17-31(18-22-32)36-23-19-29-11-4-6-13-33(29)25-36/h1-27H. The minimum absolute atomic E-state index is 0.647. The first-order valence-electron chi connectivity index (χ1n) is 14.8. The zero-order valence-corrected chi connectivity index (χ0v) is 23.9. The van der Waals surface area contributed by atoms with Crippen molar-refractivity contribution in [3.8, 4) is 56.4 Å². The van der Waals surface area contributed by atoms with Crippen LogP contribution in [0.15, 0.2) is 164 Å². The molecular formula is C41H27N3. The maximum atomic E-state index is 5.02. The fourth-order valence-electron chi connectivity index (χ4n) is 5.74. The lowest BCUT2D eigenvalue weighted by atomic mass is 10.00. The van der Waals surface area contributed by atoms with Crippen molar-refractivity contribution in [1.29, 1.82) is 0 Å². The van der Waals surface area contributed by atoms with Gasteiger partial charge in [0.1, 0.15) is 0 Å². The molecule has 0 aliphatic rings. The largest absolute Gasteiger partial charge is 0.208 e. The molecule has 0 aliphatic carbocycles. The van der Waals surface area contributed by atoms with E-state index < -0.39 is 0 Å². The SMILES string of the molecule is c1ccc(-c2cccc(-c3nc(-c4ccc(-c5ccc6ccccc6c5)cc4)nc(-c4ccc5ccccc5c4)n3)c2)cc1. The summed E-state index contributed by atoms with van der Waals surface area (Å²) in [7, 11) is 0. The first-order chi connectivity index (χ1) is 21.8. The second-order valence-electron chi connectivity index (χ2n) is 11.0. The van der Waals surface area contributed by atoms with Gasteiger partial charge in [0.15, 0.2) is 17.5 Å². The van der Waals surface area contributed by atoms with E-state index in [1.807, 2.05) is 6.07 Å². The Morgan fingerprint density at radius 3 is 1.27 bits per heavy atom. The zero-order valence-electron chi connectivity index (χ0n) is 23.9. The van der Waals surface area contributed by atoms with E-state index >= 15 is 0 Å². The highest BCUT2D eigenvalue weighted by Gasteiger charge is 2.14. The topological polar surface area (TPSA) is 38.7 Å². The van der Waals surface area contributed by atoms with E-state index in [0.717, 1.165) is 38.8 Å². The summed E-state index contributed by atoms with van der Waals surface area (Å²) in [6.45, 7) is 0. The van der Waals surface area contributed by atoms with Crippen molar-refractivity contribution in [3.05, 3.63) is 164 Å². The molecule has 0 saturated heterocycles. The predicted molar refractivity (Wildman–Crippen MR) is 182 cm³/mol. The lowest BCUT2D eigenvalue weighted by Gasteiger charge is -2.11. The summed E-state index contributed by atoms with van der Waals surface area (Å²) in [6, 6.07) is 57.1. The summed E-state index contributed by atoms with van der Waals surface area (Å²) in [5.41, 5.74) is 7.46. The number of rotatable bonds is 5. The van der Waals surface area contributed by atoms with Gasteiger partial charge in [0, 0.05) is 16.7 Å². The number of nitrogens with zero attached hydrogens (tertiary/aromatic N) is 3. The molecule has 3 heteroatoms. The van der Waals surface area contributed by atoms with Crippen LogP contribution in [-0.4, -0.2) is 15.0 Å². The molecule has 0 fully saturated rings. The molecular weight excluding hydrogens is 534 g/mol. The van der Waals surface area contributed by atoms with E-state index in [4.69, 9.17) is 15.0 Å². The third kappa shape index (κ3) is 5.01. The molecule has 1 heterocycles. The molecule has 0 atom stereocenters. The Balaban J connectivity index is 1.23. The van der Waals surface area contributed by atoms with Crippen LogP contribution >= 0.6 is 0 Å². The first kappa shape index (κ1) is 25.8. The molecule has 0 unspecified atom stereocenters. The van der Waals surface area contributed by atoms with Crippen LogP contribution in [0, 0.1) is 0 Å². The van der Waals surface area contributed by atoms with Crippen molar-refractivity contribution in [1.82, 2.24) is 15.0 Å². The van der Waals surface area contributed by atoms with Gasteiger partial charge >= 0.3 is 0 Å². The van der Waals surface area contributed by atoms with Gasteiger partial charge in [-0.25, -0.2) is 15.0 Å². The highest BCUT2D eigenvalue weighted by atomic mass is 15.0. The van der Waals surface area contributed by atoms with Gasteiger partial charge in [0.2, 0.25) is 0 Å². The summed E-state index contributed by atoms with van der Waals surface area (Å²) in [5, 5.41) is 4.81. The van der Waals surface area contributed by atoms with Gasteiger partial charge < -0.3 is 0 Å². The van der Waals surface area contributed by atoms with E-state index in [-0.39, 0.29) is 0 Å². The molecule has 0 aliphatic heterocycles. The summed E-state index contributed by atoms with van der Waals surface area (Å²) >= 11 is 0. The van der Waals surface area contributed by atoms with Crippen LogP contribution in [0.3, 0.4) is 0 Å². The van der Waals surface area contributed by atoms with Gasteiger partial charge in [-0.1, -0.05) is 146 Å². The summed E-state index contributed by atoms with van der Waals surface area (Å²) in [5.74, 6) is 1.95. The summed E-state index contributed by atoms with van der Waals surface area (Å²) in [4.78, 5) is 15.0. The van der Waals surface area contributed by atoms with Gasteiger partial charge in [0.05, 0.1) is 0 Å². The number of fused-ring (bicyclic) bond motifs is 2. The van der Waals surface area contributed by atoms with E-state index in [9.17, 15) is 0 Å². The lowest BCUT2D eigenvalue weighted by molar-refractivity contribution is 1.07. The van der Waals surface area contributed by atoms with Crippen LogP contribution in [0.5, 0.6) is 0 Å². The summed E-state index contributed by atoms with van der Waals surface area (Å²) < 4.78 is 0. The fraction of sp³-hybridized carbons (Fsp3) is 0. The third-order valence-corrected chi connectivity index (χ3v) is 8.10. The maximum absolute atomic E-state index is 5.02. The number of benzene rings is 7.